The fourth-order valence-electron chi connectivity index (χ4n) is 1.61. The molecule has 92 valence electrons. The summed E-state index contributed by atoms with van der Waals surface area (Å²) in [6.07, 6.45) is 0. The Morgan fingerprint density at radius 1 is 1.22 bits per heavy atom. The summed E-state index contributed by atoms with van der Waals surface area (Å²) < 4.78 is 0. The molecule has 0 atom stereocenters. The minimum absolute atomic E-state index is 0.0261. The van der Waals surface area contributed by atoms with Gasteiger partial charge in [-0.05, 0) is 0 Å². The molecule has 2 aromatic rings. The van der Waals surface area contributed by atoms with Gasteiger partial charge in [-0.25, -0.2) is 0 Å². The van der Waals surface area contributed by atoms with Crippen LogP contribution in [0.4, 0.5) is 17.1 Å². The van der Waals surface area contributed by atoms with Crippen molar-refractivity contribution in [2.45, 2.75) is 6.54 Å². The molecule has 0 aromatic heterocycles. The smallest absolute Gasteiger partial charge is 0.274 e. The highest BCUT2D eigenvalue weighted by Crippen LogP contribution is 2.19. The van der Waals surface area contributed by atoms with Crippen molar-refractivity contribution in [3.05, 3.63) is 60.4 Å². The summed E-state index contributed by atoms with van der Waals surface area (Å²) in [5.41, 5.74) is 4.18. The minimum atomic E-state index is -0.722. The molecule has 0 fully saturated rings. The second-order valence-corrected chi connectivity index (χ2v) is 3.69. The molecule has 0 aliphatic carbocycles. The molecule has 2 aromatic carbocycles. The maximum atomic E-state index is 11.1. The van der Waals surface area contributed by atoms with Crippen molar-refractivity contribution in [2.75, 3.05) is 11.1 Å². The van der Waals surface area contributed by atoms with Crippen molar-refractivity contribution < 1.29 is 4.92 Å². The highest BCUT2D eigenvalue weighted by atomic mass is 16.6. The molecule has 2 rings (SSSR count). The molecule has 7 nitrogen and oxygen atoms in total. The molecule has 0 spiro atoms. The number of nitrogens with one attached hydrogen (secondary N) is 1. The zero-order valence-corrected chi connectivity index (χ0v) is 9.17. The lowest BCUT2D eigenvalue weighted by molar-refractivity contribution is -0.385. The number of rotatable bonds is 4. The van der Waals surface area contributed by atoms with E-state index in [0.29, 0.717) is 5.56 Å². The quantitative estimate of drug-likeness (QED) is 0.458. The van der Waals surface area contributed by atoms with Crippen LogP contribution in [-0.4, -0.2) is 4.92 Å². The number of nitrogens with two attached hydrogens (primary N) is 1. The molecule has 0 unspecified atom stereocenters. The summed E-state index contributed by atoms with van der Waals surface area (Å²) in [7, 11) is 0. The molecule has 0 aliphatic rings. The first-order valence-electron chi connectivity index (χ1n) is 5.07. The third-order valence-corrected chi connectivity index (χ3v) is 2.59. The molecule has 0 bridgehead atoms. The molecule has 0 amide bonds. The Morgan fingerprint density at radius 3 is 2.50 bits per heavy atom. The standard InChI is InChI=1S/C11H9N3O4/c12-8-9(11(16)10(8)15)13-5-6-3-1-2-4-7(6)14(17)18/h1-4,13H,5,12H2. The van der Waals surface area contributed by atoms with Crippen LogP contribution in [0.3, 0.4) is 0 Å². The van der Waals surface area contributed by atoms with Crippen LogP contribution in [0, 0.1) is 10.1 Å². The highest BCUT2D eigenvalue weighted by Gasteiger charge is 2.19. The summed E-state index contributed by atoms with van der Waals surface area (Å²) in [5, 5.41) is 13.4. The Hall–Kier alpha value is -2.70. The first-order chi connectivity index (χ1) is 8.52. The van der Waals surface area contributed by atoms with Gasteiger partial charge in [0, 0.05) is 18.2 Å². The van der Waals surface area contributed by atoms with Gasteiger partial charge in [0.2, 0.25) is 0 Å². The van der Waals surface area contributed by atoms with Crippen LogP contribution in [0.5, 0.6) is 0 Å². The van der Waals surface area contributed by atoms with Crippen LogP contribution in [0.2, 0.25) is 0 Å². The maximum Gasteiger partial charge on any atom is 0.274 e. The zero-order valence-electron chi connectivity index (χ0n) is 9.17. The first-order valence-corrected chi connectivity index (χ1v) is 5.07. The van der Waals surface area contributed by atoms with Crippen LogP contribution in [0.1, 0.15) is 5.56 Å². The number of nitro benzene ring substituents is 1. The Labute approximate surface area is 101 Å². The molecule has 0 radical (unpaired) electrons. The summed E-state index contributed by atoms with van der Waals surface area (Å²) in [4.78, 5) is 32.2. The zero-order chi connectivity index (χ0) is 13.3. The molecule has 3 N–H and O–H groups in total. The number of hydrogen-bond donors (Lipinski definition) is 2. The van der Waals surface area contributed by atoms with Crippen molar-refractivity contribution in [1.29, 1.82) is 0 Å². The lowest BCUT2D eigenvalue weighted by atomic mass is 10.1. The lowest BCUT2D eigenvalue weighted by Crippen LogP contribution is -2.36. The SMILES string of the molecule is Nc1c(NCc2ccccc2[N+](=O)[O-])c(=O)c1=O. The van der Waals surface area contributed by atoms with Crippen molar-refractivity contribution in [3.8, 4) is 0 Å². The summed E-state index contributed by atoms with van der Waals surface area (Å²) in [6.45, 7) is 0.0617. The maximum absolute atomic E-state index is 11.1. The molecule has 0 aliphatic heterocycles. The Bertz CT molecular complexity index is 686. The largest absolute Gasteiger partial charge is 0.394 e. The molecule has 0 saturated carbocycles. The van der Waals surface area contributed by atoms with Gasteiger partial charge in [-0.1, -0.05) is 18.2 Å². The van der Waals surface area contributed by atoms with Gasteiger partial charge in [-0.2, -0.15) is 0 Å². The van der Waals surface area contributed by atoms with E-state index in [4.69, 9.17) is 5.73 Å². The number of nitrogen functional groups attached to an aromatic ring is 1. The second-order valence-electron chi connectivity index (χ2n) is 3.69. The van der Waals surface area contributed by atoms with Gasteiger partial charge < -0.3 is 11.1 Å². The molecule has 0 saturated heterocycles. The third-order valence-electron chi connectivity index (χ3n) is 2.59. The Balaban J connectivity index is 2.20. The van der Waals surface area contributed by atoms with E-state index in [-0.39, 0.29) is 23.6 Å². The van der Waals surface area contributed by atoms with Gasteiger partial charge in [0.15, 0.2) is 0 Å². The normalized spacial score (nSPS) is 10.4. The topological polar surface area (TPSA) is 115 Å². The van der Waals surface area contributed by atoms with Crippen LogP contribution >= 0.6 is 0 Å². The van der Waals surface area contributed by atoms with E-state index in [1.165, 1.54) is 6.07 Å². The van der Waals surface area contributed by atoms with Gasteiger partial charge in [0.05, 0.1) is 4.92 Å². The fourth-order valence-corrected chi connectivity index (χ4v) is 1.61. The third kappa shape index (κ3) is 1.81. The van der Waals surface area contributed by atoms with E-state index in [0.717, 1.165) is 0 Å². The Kier molecular flexibility index (Phi) is 2.80. The average molecular weight is 247 g/mol. The van der Waals surface area contributed by atoms with E-state index >= 15 is 0 Å². The van der Waals surface area contributed by atoms with Gasteiger partial charge in [0.25, 0.3) is 16.5 Å². The average Bonchev–Trinajstić information content (AvgIpc) is 2.38. The first kappa shape index (κ1) is 11.8. The molecular formula is C11H9N3O4. The monoisotopic (exact) mass is 247 g/mol. The van der Waals surface area contributed by atoms with Gasteiger partial charge >= 0.3 is 0 Å². The van der Waals surface area contributed by atoms with Crippen molar-refractivity contribution in [2.24, 2.45) is 0 Å². The van der Waals surface area contributed by atoms with E-state index < -0.39 is 15.8 Å². The van der Waals surface area contributed by atoms with Crippen LogP contribution < -0.4 is 21.9 Å². The predicted molar refractivity (Wildman–Crippen MR) is 66.2 cm³/mol. The lowest BCUT2D eigenvalue weighted by Gasteiger charge is -2.09. The number of nitrogens with zero attached hydrogens (tertiary/aromatic N) is 1. The van der Waals surface area contributed by atoms with Gasteiger partial charge in [-0.15, -0.1) is 0 Å². The molecule has 18 heavy (non-hydrogen) atoms. The number of benzene rings is 1. The Morgan fingerprint density at radius 2 is 1.89 bits per heavy atom. The van der Waals surface area contributed by atoms with Crippen molar-refractivity contribution >= 4 is 17.1 Å². The molecule has 7 heteroatoms. The van der Waals surface area contributed by atoms with Crippen molar-refractivity contribution in [3.63, 3.8) is 0 Å². The van der Waals surface area contributed by atoms with E-state index in [1.807, 2.05) is 0 Å². The van der Waals surface area contributed by atoms with E-state index in [2.05, 4.69) is 5.32 Å². The number of hydrogen-bond acceptors (Lipinski definition) is 6. The van der Waals surface area contributed by atoms with E-state index in [1.54, 1.807) is 18.2 Å². The summed E-state index contributed by atoms with van der Waals surface area (Å²) in [5.74, 6) is 0. The minimum Gasteiger partial charge on any atom is -0.394 e. The van der Waals surface area contributed by atoms with Crippen molar-refractivity contribution in [1.82, 2.24) is 0 Å². The van der Waals surface area contributed by atoms with Crippen LogP contribution in [0.25, 0.3) is 0 Å². The second kappa shape index (κ2) is 4.28. The number of para-hydroxylation sites is 1. The predicted octanol–water partition coefficient (Wildman–Crippen LogP) is 0.385. The fraction of sp³-hybridized carbons (Fsp3) is 0.0909. The van der Waals surface area contributed by atoms with Crippen LogP contribution in [0.15, 0.2) is 33.9 Å². The molecule has 0 heterocycles. The highest BCUT2D eigenvalue weighted by molar-refractivity contribution is 5.71. The van der Waals surface area contributed by atoms with Gasteiger partial charge in [-0.3, -0.25) is 19.7 Å². The number of nitro groups is 1. The summed E-state index contributed by atoms with van der Waals surface area (Å²) in [6, 6.07) is 6.12. The number of anilines is 2. The van der Waals surface area contributed by atoms with Crippen LogP contribution in [-0.2, 0) is 6.54 Å². The molecular weight excluding hydrogens is 238 g/mol. The van der Waals surface area contributed by atoms with Gasteiger partial charge in [0.1, 0.15) is 11.4 Å². The summed E-state index contributed by atoms with van der Waals surface area (Å²) >= 11 is 0. The van der Waals surface area contributed by atoms with E-state index in [9.17, 15) is 19.7 Å².